The van der Waals surface area contributed by atoms with Crippen molar-refractivity contribution in [1.29, 1.82) is 0 Å². The van der Waals surface area contributed by atoms with Crippen molar-refractivity contribution in [2.24, 2.45) is 0 Å². The van der Waals surface area contributed by atoms with Gasteiger partial charge in [0, 0.05) is 6.92 Å². The molecule has 2 N–H and O–H groups in total. The quantitative estimate of drug-likeness (QED) is 0.600. The zero-order chi connectivity index (χ0) is 11.7. The second-order valence-electron chi connectivity index (χ2n) is 1.32. The highest BCUT2D eigenvalue weighted by Crippen LogP contribution is 2.13. The Bertz CT molecular complexity index is 160. The number of alkyl halides is 3. The zero-order valence-electron chi connectivity index (χ0n) is 6.46. The maximum atomic E-state index is 10.6. The zero-order valence-corrected chi connectivity index (χ0v) is 6.46. The van der Waals surface area contributed by atoms with E-state index in [1.807, 2.05) is 6.79 Å². The van der Waals surface area contributed by atoms with Gasteiger partial charge in [0.1, 0.15) is 6.79 Å². The van der Waals surface area contributed by atoms with Crippen molar-refractivity contribution >= 4 is 18.7 Å². The van der Waals surface area contributed by atoms with Crippen LogP contribution < -0.4 is 0 Å². The van der Waals surface area contributed by atoms with Gasteiger partial charge < -0.3 is 15.0 Å². The normalized spacial score (nSPS) is 8.31. The molecule has 0 aromatic heterocycles. The van der Waals surface area contributed by atoms with Crippen molar-refractivity contribution in [2.45, 2.75) is 13.1 Å². The van der Waals surface area contributed by atoms with E-state index in [0.29, 0.717) is 0 Å². The van der Waals surface area contributed by atoms with E-state index in [1.165, 1.54) is 0 Å². The summed E-state index contributed by atoms with van der Waals surface area (Å²) < 4.78 is 31.7. The number of hydrogen-bond donors (Lipinski definition) is 2. The van der Waals surface area contributed by atoms with Crippen molar-refractivity contribution in [1.82, 2.24) is 0 Å². The Morgan fingerprint density at radius 2 is 1.23 bits per heavy atom. The van der Waals surface area contributed by atoms with Gasteiger partial charge in [-0.2, -0.15) is 13.2 Å². The first-order valence-corrected chi connectivity index (χ1v) is 2.46. The molecular formula is C5H7F3O5. The summed E-state index contributed by atoms with van der Waals surface area (Å²) in [6.07, 6.45) is -5.08. The average molecular weight is 204 g/mol. The minimum absolute atomic E-state index is 0.833. The second kappa shape index (κ2) is 8.50. The first-order chi connectivity index (χ1) is 5.68. The molecule has 0 aromatic rings. The molecule has 5 nitrogen and oxygen atoms in total. The predicted molar refractivity (Wildman–Crippen MR) is 34.1 cm³/mol. The molecule has 0 saturated carbocycles. The summed E-state index contributed by atoms with van der Waals surface area (Å²) in [6.45, 7) is 3.08. The van der Waals surface area contributed by atoms with Crippen LogP contribution in [0.25, 0.3) is 0 Å². The van der Waals surface area contributed by atoms with Crippen molar-refractivity contribution in [3.05, 3.63) is 0 Å². The van der Waals surface area contributed by atoms with Gasteiger partial charge >= 0.3 is 12.1 Å². The molecule has 0 heterocycles. The minimum atomic E-state index is -5.08. The summed E-state index contributed by atoms with van der Waals surface area (Å²) >= 11 is 0. The molecule has 0 rings (SSSR count). The van der Waals surface area contributed by atoms with Gasteiger partial charge in [-0.3, -0.25) is 4.79 Å². The van der Waals surface area contributed by atoms with Crippen molar-refractivity contribution in [2.75, 3.05) is 0 Å². The molecule has 0 aromatic carbocycles. The minimum Gasteiger partial charge on any atom is -0.481 e. The Morgan fingerprint density at radius 1 is 1.15 bits per heavy atom. The summed E-state index contributed by atoms with van der Waals surface area (Å²) in [5, 5.41) is 14.5. The van der Waals surface area contributed by atoms with Gasteiger partial charge in [-0.05, 0) is 0 Å². The molecule has 78 valence electrons. The van der Waals surface area contributed by atoms with Gasteiger partial charge in [0.15, 0.2) is 0 Å². The SMILES string of the molecule is C=O.CC(=O)O.O=C(O)C(F)(F)F. The number of carboxylic acid groups (broad SMARTS) is 2. The van der Waals surface area contributed by atoms with E-state index in [-0.39, 0.29) is 0 Å². The van der Waals surface area contributed by atoms with E-state index in [2.05, 4.69) is 0 Å². The van der Waals surface area contributed by atoms with Crippen LogP contribution in [0.5, 0.6) is 0 Å². The average Bonchev–Trinajstić information content (AvgIpc) is 1.88. The lowest BCUT2D eigenvalue weighted by atomic mass is 10.7. The van der Waals surface area contributed by atoms with Crippen LogP contribution in [-0.4, -0.2) is 35.1 Å². The highest BCUT2D eigenvalue weighted by Gasteiger charge is 2.38. The molecule has 13 heavy (non-hydrogen) atoms. The van der Waals surface area contributed by atoms with E-state index in [0.717, 1.165) is 6.92 Å². The molecule has 0 saturated heterocycles. The van der Waals surface area contributed by atoms with Crippen molar-refractivity contribution in [3.63, 3.8) is 0 Å². The number of carboxylic acids is 2. The van der Waals surface area contributed by atoms with Gasteiger partial charge in [-0.1, -0.05) is 0 Å². The first kappa shape index (κ1) is 17.5. The van der Waals surface area contributed by atoms with E-state index < -0.39 is 18.1 Å². The molecular weight excluding hydrogens is 197 g/mol. The van der Waals surface area contributed by atoms with Crippen LogP contribution in [0.3, 0.4) is 0 Å². The molecule has 0 aliphatic carbocycles. The molecule has 8 heteroatoms. The number of hydrogen-bond acceptors (Lipinski definition) is 3. The van der Waals surface area contributed by atoms with Gasteiger partial charge in [-0.15, -0.1) is 0 Å². The standard InChI is InChI=1S/C2HF3O2.C2H4O2.CH2O/c3-2(4,5)1(6)7;1-2(3)4;1-2/h(H,6,7);1H3,(H,3,4);1H2. The summed E-state index contributed by atoms with van der Waals surface area (Å²) in [7, 11) is 0. The Labute approximate surface area is 70.8 Å². The molecule has 0 amide bonds. The smallest absolute Gasteiger partial charge is 0.481 e. The van der Waals surface area contributed by atoms with Crippen molar-refractivity contribution < 1.29 is 37.8 Å². The van der Waals surface area contributed by atoms with Gasteiger partial charge in [0.2, 0.25) is 0 Å². The lowest BCUT2D eigenvalue weighted by molar-refractivity contribution is -0.192. The predicted octanol–water partition coefficient (Wildman–Crippen LogP) is 0.539. The van der Waals surface area contributed by atoms with Crippen LogP contribution in [0.15, 0.2) is 0 Å². The second-order valence-corrected chi connectivity index (χ2v) is 1.32. The van der Waals surface area contributed by atoms with E-state index in [4.69, 9.17) is 24.6 Å². The topological polar surface area (TPSA) is 91.7 Å². The molecule has 0 aliphatic heterocycles. The molecule has 0 aliphatic rings. The number of aliphatic carboxylic acids is 2. The fourth-order valence-corrected chi connectivity index (χ4v) is 0. The fraction of sp³-hybridized carbons (Fsp3) is 0.400. The maximum absolute atomic E-state index is 10.6. The van der Waals surface area contributed by atoms with E-state index >= 15 is 0 Å². The summed E-state index contributed by atoms with van der Waals surface area (Å²) in [5.41, 5.74) is 0. The molecule has 0 spiro atoms. The van der Waals surface area contributed by atoms with Crippen LogP contribution in [0.1, 0.15) is 6.92 Å². The van der Waals surface area contributed by atoms with Gasteiger partial charge in [0.25, 0.3) is 5.97 Å². The monoisotopic (exact) mass is 204 g/mol. The van der Waals surface area contributed by atoms with Crippen LogP contribution in [0.2, 0.25) is 0 Å². The summed E-state index contributed by atoms with van der Waals surface area (Å²) in [4.78, 5) is 25.9. The lowest BCUT2D eigenvalue weighted by Gasteiger charge is -1.93. The Kier molecular flexibility index (Phi) is 11.4. The van der Waals surface area contributed by atoms with E-state index in [9.17, 15) is 13.2 Å². The van der Waals surface area contributed by atoms with Crippen molar-refractivity contribution in [3.8, 4) is 0 Å². The van der Waals surface area contributed by atoms with E-state index in [1.54, 1.807) is 0 Å². The third kappa shape index (κ3) is 37.9. The van der Waals surface area contributed by atoms with Gasteiger partial charge in [0.05, 0.1) is 0 Å². The Morgan fingerprint density at radius 3 is 1.23 bits per heavy atom. The van der Waals surface area contributed by atoms with Gasteiger partial charge in [-0.25, -0.2) is 4.79 Å². The van der Waals surface area contributed by atoms with Crippen LogP contribution in [0, 0.1) is 0 Å². The first-order valence-electron chi connectivity index (χ1n) is 2.46. The summed E-state index contributed by atoms with van der Waals surface area (Å²) in [5.74, 6) is -3.59. The molecule has 0 atom stereocenters. The van der Waals surface area contributed by atoms with Crippen LogP contribution in [-0.2, 0) is 14.4 Å². The highest BCUT2D eigenvalue weighted by molar-refractivity contribution is 5.73. The number of halogens is 3. The Balaban J connectivity index is -0.000000142. The highest BCUT2D eigenvalue weighted by atomic mass is 19.4. The fourth-order valence-electron chi connectivity index (χ4n) is 0. The summed E-state index contributed by atoms with van der Waals surface area (Å²) in [6, 6.07) is 0. The number of carbonyl (C=O) groups excluding carboxylic acids is 1. The van der Waals surface area contributed by atoms with Crippen LogP contribution in [0.4, 0.5) is 13.2 Å². The molecule has 0 bridgehead atoms. The lowest BCUT2D eigenvalue weighted by Crippen LogP contribution is -2.21. The third-order valence-electron chi connectivity index (χ3n) is 0.243. The number of carbonyl (C=O) groups is 3. The molecule has 0 radical (unpaired) electrons. The van der Waals surface area contributed by atoms with Crippen LogP contribution >= 0.6 is 0 Å². The molecule has 0 unspecified atom stereocenters. The largest absolute Gasteiger partial charge is 0.490 e. The molecule has 0 fully saturated rings. The maximum Gasteiger partial charge on any atom is 0.490 e. The number of rotatable bonds is 0. The third-order valence-corrected chi connectivity index (χ3v) is 0.243. The Hall–Kier alpha value is -1.60.